The summed E-state index contributed by atoms with van der Waals surface area (Å²) in [4.78, 5) is 23.8. The molecule has 0 radical (unpaired) electrons. The van der Waals surface area contributed by atoms with Crippen LogP contribution in [-0.2, 0) is 19.1 Å². The fourth-order valence-corrected chi connectivity index (χ4v) is 2.80. The molecule has 2 atom stereocenters. The minimum atomic E-state index is -1.28. The van der Waals surface area contributed by atoms with Crippen LogP contribution in [0.4, 0.5) is 0 Å². The summed E-state index contributed by atoms with van der Waals surface area (Å²) in [5, 5.41) is 9.41. The molecule has 5 heteroatoms. The van der Waals surface area contributed by atoms with E-state index in [1.54, 1.807) is 6.92 Å². The summed E-state index contributed by atoms with van der Waals surface area (Å²) >= 11 is 0. The van der Waals surface area contributed by atoms with Gasteiger partial charge >= 0.3 is 11.9 Å². The molecule has 0 bridgehead atoms. The van der Waals surface area contributed by atoms with Crippen LogP contribution in [0, 0.1) is 5.92 Å². The maximum Gasteiger partial charge on any atom is 0.339 e. The highest BCUT2D eigenvalue weighted by molar-refractivity contribution is 5.87. The number of ether oxygens (including phenoxy) is 2. The first-order valence-electron chi connectivity index (χ1n) is 7.62. The molecular weight excluding hydrogens is 260 g/mol. The second kappa shape index (κ2) is 8.25. The fourth-order valence-electron chi connectivity index (χ4n) is 2.80. The van der Waals surface area contributed by atoms with Gasteiger partial charge in [-0.3, -0.25) is 4.79 Å². The van der Waals surface area contributed by atoms with Crippen molar-refractivity contribution >= 4 is 11.9 Å². The highest BCUT2D eigenvalue weighted by atomic mass is 16.6. The van der Waals surface area contributed by atoms with E-state index < -0.39 is 23.5 Å². The smallest absolute Gasteiger partial charge is 0.339 e. The van der Waals surface area contributed by atoms with Gasteiger partial charge in [0.2, 0.25) is 0 Å². The van der Waals surface area contributed by atoms with Crippen molar-refractivity contribution in [3.63, 3.8) is 0 Å². The molecule has 1 N–H and O–H groups in total. The predicted octanol–water partition coefficient (Wildman–Crippen LogP) is 2.77. The molecule has 0 heterocycles. The number of carboxylic acid groups (broad SMARTS) is 1. The quantitative estimate of drug-likeness (QED) is 0.548. The van der Waals surface area contributed by atoms with Crippen molar-refractivity contribution in [1.82, 2.24) is 0 Å². The van der Waals surface area contributed by atoms with Crippen molar-refractivity contribution in [3.05, 3.63) is 0 Å². The molecule has 1 aliphatic carbocycles. The van der Waals surface area contributed by atoms with Gasteiger partial charge in [-0.15, -0.1) is 0 Å². The zero-order chi connectivity index (χ0) is 15.0. The van der Waals surface area contributed by atoms with Gasteiger partial charge in [0, 0.05) is 6.61 Å². The Hall–Kier alpha value is -1.10. The molecule has 2 unspecified atom stereocenters. The third-order valence-corrected chi connectivity index (χ3v) is 3.88. The van der Waals surface area contributed by atoms with Crippen molar-refractivity contribution in [2.45, 2.75) is 64.4 Å². The summed E-state index contributed by atoms with van der Waals surface area (Å²) in [5.41, 5.74) is -1.28. The molecule has 0 amide bonds. The van der Waals surface area contributed by atoms with Gasteiger partial charge in [0.15, 0.2) is 5.60 Å². The van der Waals surface area contributed by atoms with E-state index in [0.29, 0.717) is 19.4 Å². The van der Waals surface area contributed by atoms with E-state index in [2.05, 4.69) is 6.92 Å². The van der Waals surface area contributed by atoms with E-state index in [1.165, 1.54) is 0 Å². The number of hydrogen-bond acceptors (Lipinski definition) is 4. The van der Waals surface area contributed by atoms with Crippen molar-refractivity contribution in [2.75, 3.05) is 13.2 Å². The Morgan fingerprint density at radius 3 is 2.60 bits per heavy atom. The number of esters is 1. The van der Waals surface area contributed by atoms with Crippen LogP contribution in [0.5, 0.6) is 0 Å². The SMILES string of the molecule is CCCCCOC1(C(=O)OCC)CCCCC1C(=O)O. The summed E-state index contributed by atoms with van der Waals surface area (Å²) in [7, 11) is 0. The molecule has 1 saturated carbocycles. The van der Waals surface area contributed by atoms with Crippen molar-refractivity contribution in [3.8, 4) is 0 Å². The van der Waals surface area contributed by atoms with Crippen LogP contribution in [0.25, 0.3) is 0 Å². The molecule has 1 aliphatic rings. The number of carbonyl (C=O) groups is 2. The van der Waals surface area contributed by atoms with Crippen molar-refractivity contribution in [2.24, 2.45) is 5.92 Å². The third kappa shape index (κ3) is 3.95. The van der Waals surface area contributed by atoms with Crippen LogP contribution in [0.2, 0.25) is 0 Å². The lowest BCUT2D eigenvalue weighted by molar-refractivity contribution is -0.194. The summed E-state index contributed by atoms with van der Waals surface area (Å²) < 4.78 is 10.9. The van der Waals surface area contributed by atoms with E-state index in [-0.39, 0.29) is 6.61 Å². The monoisotopic (exact) mass is 286 g/mol. The highest BCUT2D eigenvalue weighted by Gasteiger charge is 2.52. The number of hydrogen-bond donors (Lipinski definition) is 1. The minimum absolute atomic E-state index is 0.241. The maximum atomic E-state index is 12.3. The second-order valence-electron chi connectivity index (χ2n) is 5.30. The predicted molar refractivity (Wildman–Crippen MR) is 74.4 cm³/mol. The molecule has 1 fully saturated rings. The summed E-state index contributed by atoms with van der Waals surface area (Å²) in [5.74, 6) is -2.27. The number of carboxylic acids is 1. The number of rotatable bonds is 8. The Kier molecular flexibility index (Phi) is 6.99. The van der Waals surface area contributed by atoms with Crippen molar-refractivity contribution < 1.29 is 24.2 Å². The van der Waals surface area contributed by atoms with Crippen LogP contribution in [0.15, 0.2) is 0 Å². The summed E-state index contributed by atoms with van der Waals surface area (Å²) in [6.07, 6.45) is 5.43. The molecule has 0 aromatic heterocycles. The molecule has 0 aromatic rings. The largest absolute Gasteiger partial charge is 0.481 e. The molecule has 0 saturated heterocycles. The first-order chi connectivity index (χ1) is 9.58. The molecular formula is C15H26O5. The topological polar surface area (TPSA) is 72.8 Å². The number of unbranched alkanes of at least 4 members (excludes halogenated alkanes) is 2. The Labute approximate surface area is 120 Å². The van der Waals surface area contributed by atoms with E-state index in [1.807, 2.05) is 0 Å². The highest BCUT2D eigenvalue weighted by Crippen LogP contribution is 2.38. The number of aliphatic carboxylic acids is 1. The first kappa shape index (κ1) is 17.0. The van der Waals surface area contributed by atoms with Crippen LogP contribution in [0.1, 0.15) is 58.8 Å². The first-order valence-corrected chi connectivity index (χ1v) is 7.62. The van der Waals surface area contributed by atoms with Gasteiger partial charge in [-0.2, -0.15) is 0 Å². The minimum Gasteiger partial charge on any atom is -0.481 e. The second-order valence-corrected chi connectivity index (χ2v) is 5.30. The molecule has 1 rings (SSSR count). The molecule has 5 nitrogen and oxygen atoms in total. The van der Waals surface area contributed by atoms with Gasteiger partial charge in [0.1, 0.15) is 0 Å². The van der Waals surface area contributed by atoms with E-state index in [9.17, 15) is 14.7 Å². The Morgan fingerprint density at radius 2 is 2.00 bits per heavy atom. The Morgan fingerprint density at radius 1 is 1.25 bits per heavy atom. The van der Waals surface area contributed by atoms with Gasteiger partial charge < -0.3 is 14.6 Å². The fraction of sp³-hybridized carbons (Fsp3) is 0.867. The third-order valence-electron chi connectivity index (χ3n) is 3.88. The van der Waals surface area contributed by atoms with E-state index >= 15 is 0 Å². The van der Waals surface area contributed by atoms with Crippen molar-refractivity contribution in [1.29, 1.82) is 0 Å². The van der Waals surface area contributed by atoms with Gasteiger partial charge in [-0.05, 0) is 32.6 Å². The zero-order valence-corrected chi connectivity index (χ0v) is 12.5. The molecule has 0 spiro atoms. The average Bonchev–Trinajstić information content (AvgIpc) is 2.44. The lowest BCUT2D eigenvalue weighted by Crippen LogP contribution is -2.54. The molecule has 20 heavy (non-hydrogen) atoms. The van der Waals surface area contributed by atoms with Crippen LogP contribution in [0.3, 0.4) is 0 Å². The molecule has 0 aromatic carbocycles. The average molecular weight is 286 g/mol. The lowest BCUT2D eigenvalue weighted by atomic mass is 9.75. The van der Waals surface area contributed by atoms with Crippen LogP contribution in [-0.4, -0.2) is 35.9 Å². The van der Waals surface area contributed by atoms with E-state index in [4.69, 9.17) is 9.47 Å². The molecule has 0 aliphatic heterocycles. The standard InChI is InChI=1S/C15H26O5/c1-3-5-8-11-20-15(14(18)19-4-2)10-7-6-9-12(15)13(16)17/h12H,3-11H2,1-2H3,(H,16,17). The van der Waals surface area contributed by atoms with Crippen LogP contribution < -0.4 is 0 Å². The molecule has 116 valence electrons. The maximum absolute atomic E-state index is 12.3. The van der Waals surface area contributed by atoms with Gasteiger partial charge in [0.25, 0.3) is 0 Å². The van der Waals surface area contributed by atoms with Gasteiger partial charge in [-0.1, -0.05) is 26.2 Å². The Bertz CT molecular complexity index is 328. The summed E-state index contributed by atoms with van der Waals surface area (Å²) in [6, 6.07) is 0. The van der Waals surface area contributed by atoms with Gasteiger partial charge in [0.05, 0.1) is 12.5 Å². The Balaban J connectivity index is 2.85. The number of carbonyl (C=O) groups excluding carboxylic acids is 1. The normalized spacial score (nSPS) is 26.2. The summed E-state index contributed by atoms with van der Waals surface area (Å²) in [6.45, 7) is 4.46. The van der Waals surface area contributed by atoms with E-state index in [0.717, 1.165) is 32.1 Å². The zero-order valence-electron chi connectivity index (χ0n) is 12.5. The van der Waals surface area contributed by atoms with Gasteiger partial charge in [-0.25, -0.2) is 4.79 Å². The van der Waals surface area contributed by atoms with Crippen LogP contribution >= 0.6 is 0 Å². The lowest BCUT2D eigenvalue weighted by Gasteiger charge is -2.39.